The number of benzene rings is 1. The summed E-state index contributed by atoms with van der Waals surface area (Å²) in [4.78, 5) is 26.5. The first-order valence-corrected chi connectivity index (χ1v) is 12.2. The van der Waals surface area contributed by atoms with E-state index in [1.807, 2.05) is 0 Å². The molecule has 1 N–H and O–H groups in total. The monoisotopic (exact) mass is 463 g/mol. The van der Waals surface area contributed by atoms with Crippen molar-refractivity contribution in [3.05, 3.63) is 64.1 Å². The van der Waals surface area contributed by atoms with Crippen molar-refractivity contribution in [2.75, 3.05) is 30.1 Å². The number of nitrogens with one attached hydrogen (secondary N) is 1. The van der Waals surface area contributed by atoms with Crippen LogP contribution < -0.4 is 10.5 Å². The van der Waals surface area contributed by atoms with Gasteiger partial charge in [-0.1, -0.05) is 0 Å². The third-order valence-corrected chi connectivity index (χ3v) is 11.4. The number of pyridine rings is 1. The zero-order valence-corrected chi connectivity index (χ0v) is 17.3. The van der Waals surface area contributed by atoms with Gasteiger partial charge >= 0.3 is 160 Å². The fourth-order valence-electron chi connectivity index (χ4n) is 3.17. The van der Waals surface area contributed by atoms with Crippen molar-refractivity contribution in [3.63, 3.8) is 0 Å². The summed E-state index contributed by atoms with van der Waals surface area (Å²) in [5.41, 5.74) is 3.05. The van der Waals surface area contributed by atoms with Gasteiger partial charge in [0, 0.05) is 0 Å². The van der Waals surface area contributed by atoms with Crippen molar-refractivity contribution in [3.8, 4) is 0 Å². The Morgan fingerprint density at radius 2 is 2.00 bits per heavy atom. The number of nitrogens with zero attached hydrogens (tertiary/aromatic N) is 4. The van der Waals surface area contributed by atoms with E-state index in [2.05, 4.69) is 68.2 Å². The minimum atomic E-state index is -1.44. The van der Waals surface area contributed by atoms with Gasteiger partial charge in [-0.25, -0.2) is 0 Å². The topological polar surface area (TPSA) is 65.1 Å². The van der Waals surface area contributed by atoms with Crippen molar-refractivity contribution in [1.82, 2.24) is 18.1 Å². The summed E-state index contributed by atoms with van der Waals surface area (Å²) in [5.74, 6) is 0.639. The van der Waals surface area contributed by atoms with E-state index in [0.29, 0.717) is 20.9 Å². The summed E-state index contributed by atoms with van der Waals surface area (Å²) < 4.78 is 3.89. The molecule has 4 rings (SSSR count). The predicted octanol–water partition coefficient (Wildman–Crippen LogP) is 3.13. The van der Waals surface area contributed by atoms with Crippen molar-refractivity contribution in [1.29, 1.82) is 0 Å². The number of H-pyrrole nitrogens is 1. The van der Waals surface area contributed by atoms with Crippen molar-refractivity contribution in [2.45, 2.75) is 10.8 Å². The molecule has 1 unspecified atom stereocenters. The van der Waals surface area contributed by atoms with E-state index < -0.39 is 20.1 Å². The minimum absolute atomic E-state index is 0.123. The summed E-state index contributed by atoms with van der Waals surface area (Å²) in [6.07, 6.45) is 1.68. The molecule has 7 heteroatoms. The van der Waals surface area contributed by atoms with E-state index in [-0.39, 0.29) is 5.56 Å². The Morgan fingerprint density at radius 1 is 1.23 bits per heavy atom. The predicted molar refractivity (Wildman–Crippen MR) is 114 cm³/mol. The molecule has 1 aliphatic rings. The van der Waals surface area contributed by atoms with Crippen molar-refractivity contribution in [2.24, 2.45) is 0 Å². The quantitative estimate of drug-likeness (QED) is 0.280. The number of aryl methyl sites for hydroxylation is 1. The molecule has 0 saturated carbocycles. The van der Waals surface area contributed by atoms with E-state index >= 15 is 0 Å². The molecule has 0 amide bonds. The SMILES string of the molecule is Cc1ccc(C2CN(c3nc4ncccc4c(=O)[nH]3)CI2N(C)C)cc1. The standard InChI is InChI=1S/C19H22IN5O/c1-13-6-8-14(9-7-13)16-11-25(12-20(16)24(2)3)19-22-17-15(18(26)23-19)5-4-10-21-17/h4-10,16H,11-12H2,1-3H3,(H,21,22,23,26). The number of aromatic nitrogens is 3. The molecule has 0 bridgehead atoms. The zero-order valence-electron chi connectivity index (χ0n) is 15.1. The molecule has 6 nitrogen and oxygen atoms in total. The number of anilines is 1. The Kier molecular flexibility index (Phi) is 4.66. The van der Waals surface area contributed by atoms with Crippen LogP contribution in [-0.4, -0.2) is 43.3 Å². The van der Waals surface area contributed by atoms with E-state index in [1.165, 1.54) is 11.1 Å². The van der Waals surface area contributed by atoms with E-state index in [0.717, 1.165) is 11.1 Å². The molecule has 136 valence electrons. The van der Waals surface area contributed by atoms with Gasteiger partial charge in [0.05, 0.1) is 0 Å². The van der Waals surface area contributed by atoms with Gasteiger partial charge in [-0.3, -0.25) is 0 Å². The van der Waals surface area contributed by atoms with Crippen LogP contribution in [0.1, 0.15) is 15.1 Å². The molecule has 1 aromatic carbocycles. The van der Waals surface area contributed by atoms with Crippen LogP contribution in [0.25, 0.3) is 11.0 Å². The molecular weight excluding hydrogens is 441 g/mol. The van der Waals surface area contributed by atoms with E-state index in [1.54, 1.807) is 18.3 Å². The summed E-state index contributed by atoms with van der Waals surface area (Å²) in [7, 11) is 4.35. The molecule has 3 heterocycles. The average molecular weight is 463 g/mol. The fourth-order valence-corrected chi connectivity index (χ4v) is 9.23. The number of rotatable bonds is 3. The van der Waals surface area contributed by atoms with Gasteiger partial charge in [-0.05, 0) is 0 Å². The number of hydrogen-bond acceptors (Lipinski definition) is 5. The van der Waals surface area contributed by atoms with Crippen LogP contribution in [0.4, 0.5) is 5.95 Å². The number of fused-ring (bicyclic) bond motifs is 1. The summed E-state index contributed by atoms with van der Waals surface area (Å²) in [6, 6.07) is 12.4. The van der Waals surface area contributed by atoms with Crippen LogP contribution in [0, 0.1) is 6.92 Å². The second kappa shape index (κ2) is 6.96. The molecule has 1 saturated heterocycles. The molecule has 1 aliphatic heterocycles. The number of halogens is 1. The van der Waals surface area contributed by atoms with Crippen LogP contribution in [-0.2, 0) is 0 Å². The molecular formula is C19H22IN5O. The van der Waals surface area contributed by atoms with Gasteiger partial charge in [0.25, 0.3) is 0 Å². The van der Waals surface area contributed by atoms with E-state index in [4.69, 9.17) is 0 Å². The molecule has 1 fully saturated rings. The second-order valence-electron chi connectivity index (χ2n) is 6.64. The molecule has 0 radical (unpaired) electrons. The van der Waals surface area contributed by atoms with Crippen LogP contribution in [0.5, 0.6) is 0 Å². The van der Waals surface area contributed by atoms with Crippen LogP contribution >= 0.6 is 20.1 Å². The third-order valence-electron chi connectivity index (χ3n) is 4.59. The maximum absolute atomic E-state index is 12.4. The first-order valence-electron chi connectivity index (χ1n) is 8.51. The normalized spacial score (nSPS) is 18.8. The van der Waals surface area contributed by atoms with Gasteiger partial charge in [-0.2, -0.15) is 0 Å². The summed E-state index contributed by atoms with van der Waals surface area (Å²) in [6.45, 7) is 3.00. The van der Waals surface area contributed by atoms with Crippen LogP contribution in [0.15, 0.2) is 47.4 Å². The van der Waals surface area contributed by atoms with Gasteiger partial charge in [-0.15, -0.1) is 0 Å². The third kappa shape index (κ3) is 3.21. The van der Waals surface area contributed by atoms with Gasteiger partial charge in [0.2, 0.25) is 0 Å². The number of alkyl halides is 2. The molecule has 0 aliphatic carbocycles. The second-order valence-corrected chi connectivity index (χ2v) is 12.9. The Balaban J connectivity index is 1.70. The van der Waals surface area contributed by atoms with Crippen molar-refractivity contribution >= 4 is 37.1 Å². The number of aromatic amines is 1. The molecule has 2 aromatic heterocycles. The number of hydrogen-bond donors (Lipinski definition) is 1. The first-order chi connectivity index (χ1) is 12.5. The molecule has 26 heavy (non-hydrogen) atoms. The first kappa shape index (κ1) is 17.4. The summed E-state index contributed by atoms with van der Waals surface area (Å²) in [5, 5.41) is 0.536. The Morgan fingerprint density at radius 3 is 2.73 bits per heavy atom. The average Bonchev–Trinajstić information content (AvgIpc) is 3.08. The Labute approximate surface area is 160 Å². The van der Waals surface area contributed by atoms with Crippen LogP contribution in [0.2, 0.25) is 0 Å². The Hall–Kier alpha value is -2.00. The molecule has 1 atom stereocenters. The van der Waals surface area contributed by atoms with Gasteiger partial charge in [0.15, 0.2) is 0 Å². The van der Waals surface area contributed by atoms with Crippen LogP contribution in [0.3, 0.4) is 0 Å². The molecule has 0 spiro atoms. The summed E-state index contributed by atoms with van der Waals surface area (Å²) >= 11 is -1.44. The fraction of sp³-hybridized carbons (Fsp3) is 0.316. The van der Waals surface area contributed by atoms with Crippen molar-refractivity contribution < 1.29 is 0 Å². The van der Waals surface area contributed by atoms with E-state index in [9.17, 15) is 4.79 Å². The van der Waals surface area contributed by atoms with Gasteiger partial charge in [0.1, 0.15) is 0 Å². The maximum atomic E-state index is 12.4. The zero-order chi connectivity index (χ0) is 18.3. The van der Waals surface area contributed by atoms with Gasteiger partial charge < -0.3 is 0 Å². The Bertz CT molecular complexity index is 985. The molecule has 3 aromatic rings.